The van der Waals surface area contributed by atoms with E-state index in [1.54, 1.807) is 11.8 Å². The van der Waals surface area contributed by atoms with Crippen LogP contribution in [-0.4, -0.2) is 14.8 Å². The third kappa shape index (κ3) is 4.30. The topological polar surface area (TPSA) is 39.9 Å². The summed E-state index contributed by atoms with van der Waals surface area (Å²) in [5.74, 6) is 2.56. The number of aromatic nitrogens is 3. The maximum Gasteiger partial charge on any atom is 0.191 e. The number of benzene rings is 3. The molecule has 0 fully saturated rings. The van der Waals surface area contributed by atoms with E-state index >= 15 is 0 Å². The molecular weight excluding hydrogens is 378 g/mol. The number of fused-ring (bicyclic) bond motifs is 1. The van der Waals surface area contributed by atoms with E-state index in [1.807, 2.05) is 25.1 Å². The van der Waals surface area contributed by atoms with Crippen LogP contribution in [-0.2, 0) is 12.3 Å². The van der Waals surface area contributed by atoms with E-state index in [9.17, 15) is 0 Å². The lowest BCUT2D eigenvalue weighted by atomic mass is 10.1. The number of thioether (sulfide) groups is 1. The van der Waals surface area contributed by atoms with Crippen LogP contribution in [0.5, 0.6) is 5.75 Å². The van der Waals surface area contributed by atoms with Gasteiger partial charge >= 0.3 is 0 Å². The predicted octanol–water partition coefficient (Wildman–Crippen LogP) is 6.19. The number of hydrogen-bond acceptors (Lipinski definition) is 4. The molecule has 0 N–H and O–H groups in total. The van der Waals surface area contributed by atoms with Crippen LogP contribution in [0.1, 0.15) is 36.9 Å². The highest BCUT2D eigenvalue weighted by Gasteiger charge is 2.19. The monoisotopic (exact) mass is 403 g/mol. The van der Waals surface area contributed by atoms with E-state index in [4.69, 9.17) is 4.74 Å². The van der Waals surface area contributed by atoms with Gasteiger partial charge in [-0.15, -0.1) is 10.2 Å². The summed E-state index contributed by atoms with van der Waals surface area (Å²) in [5, 5.41) is 12.4. The second-order valence-electron chi connectivity index (χ2n) is 7.09. The lowest BCUT2D eigenvalue weighted by molar-refractivity contribution is 0.210. The molecule has 4 aromatic rings. The van der Waals surface area contributed by atoms with E-state index < -0.39 is 0 Å². The van der Waals surface area contributed by atoms with Crippen molar-refractivity contribution >= 4 is 22.5 Å². The highest BCUT2D eigenvalue weighted by atomic mass is 32.2. The Morgan fingerprint density at radius 3 is 2.62 bits per heavy atom. The summed E-state index contributed by atoms with van der Waals surface area (Å²) in [6.45, 7) is 7.02. The van der Waals surface area contributed by atoms with Crippen LogP contribution in [0.2, 0.25) is 0 Å². The van der Waals surface area contributed by atoms with Crippen LogP contribution in [0.3, 0.4) is 0 Å². The SMILES string of the molecule is CCn1c(SCc2cccc3ccccc23)nnc1C(C)Oc1cccc(C)c1. The third-order valence-corrected chi connectivity index (χ3v) is 5.98. The van der Waals surface area contributed by atoms with Gasteiger partial charge in [0.1, 0.15) is 5.75 Å². The minimum Gasteiger partial charge on any atom is -0.483 e. The Kier molecular flexibility index (Phi) is 5.86. The summed E-state index contributed by atoms with van der Waals surface area (Å²) >= 11 is 1.72. The molecule has 0 spiro atoms. The Labute approximate surface area is 175 Å². The smallest absolute Gasteiger partial charge is 0.191 e. The molecule has 1 heterocycles. The molecular formula is C24H25N3OS. The van der Waals surface area contributed by atoms with Crippen LogP contribution in [0.15, 0.2) is 71.9 Å². The zero-order valence-corrected chi connectivity index (χ0v) is 17.8. The summed E-state index contributed by atoms with van der Waals surface area (Å²) < 4.78 is 8.27. The first-order chi connectivity index (χ1) is 14.2. The molecule has 0 amide bonds. The molecule has 0 aliphatic heterocycles. The van der Waals surface area contributed by atoms with Gasteiger partial charge in [-0.2, -0.15) is 0 Å². The van der Waals surface area contributed by atoms with Gasteiger partial charge in [0, 0.05) is 12.3 Å². The molecule has 3 aromatic carbocycles. The fourth-order valence-electron chi connectivity index (χ4n) is 3.51. The van der Waals surface area contributed by atoms with Gasteiger partial charge < -0.3 is 9.30 Å². The molecule has 0 radical (unpaired) electrons. The molecule has 0 saturated heterocycles. The van der Waals surface area contributed by atoms with Crippen molar-refractivity contribution in [3.8, 4) is 5.75 Å². The fraction of sp³-hybridized carbons (Fsp3) is 0.250. The van der Waals surface area contributed by atoms with Crippen molar-refractivity contribution < 1.29 is 4.74 Å². The van der Waals surface area contributed by atoms with Gasteiger partial charge in [-0.05, 0) is 54.8 Å². The van der Waals surface area contributed by atoms with E-state index in [2.05, 4.69) is 77.1 Å². The second kappa shape index (κ2) is 8.70. The molecule has 4 nitrogen and oxygen atoms in total. The summed E-state index contributed by atoms with van der Waals surface area (Å²) in [5.41, 5.74) is 2.49. The maximum atomic E-state index is 6.12. The van der Waals surface area contributed by atoms with Gasteiger partial charge in [0.2, 0.25) is 0 Å². The fourth-order valence-corrected chi connectivity index (χ4v) is 4.52. The summed E-state index contributed by atoms with van der Waals surface area (Å²) in [7, 11) is 0. The Morgan fingerprint density at radius 2 is 1.79 bits per heavy atom. The summed E-state index contributed by atoms with van der Waals surface area (Å²) in [6, 6.07) is 23.0. The minimum absolute atomic E-state index is 0.170. The lowest BCUT2D eigenvalue weighted by Crippen LogP contribution is -2.12. The molecule has 0 aliphatic carbocycles. The largest absolute Gasteiger partial charge is 0.483 e. The van der Waals surface area contributed by atoms with Gasteiger partial charge in [0.05, 0.1) is 0 Å². The second-order valence-corrected chi connectivity index (χ2v) is 8.03. The Morgan fingerprint density at radius 1 is 1.00 bits per heavy atom. The number of hydrogen-bond donors (Lipinski definition) is 0. The van der Waals surface area contributed by atoms with Crippen LogP contribution < -0.4 is 4.74 Å². The van der Waals surface area contributed by atoms with Crippen LogP contribution >= 0.6 is 11.8 Å². The number of rotatable bonds is 7. The van der Waals surface area contributed by atoms with Crippen molar-refractivity contribution in [3.63, 3.8) is 0 Å². The molecule has 1 atom stereocenters. The number of nitrogens with zero attached hydrogens (tertiary/aromatic N) is 3. The molecule has 0 aliphatic rings. The Hall–Kier alpha value is -2.79. The first-order valence-corrected chi connectivity index (χ1v) is 10.9. The number of aryl methyl sites for hydroxylation is 1. The van der Waals surface area contributed by atoms with Gasteiger partial charge in [-0.1, -0.05) is 66.4 Å². The average Bonchev–Trinajstić information content (AvgIpc) is 3.15. The first kappa shape index (κ1) is 19.5. The molecule has 29 heavy (non-hydrogen) atoms. The molecule has 0 saturated carbocycles. The standard InChI is InChI=1S/C24H25N3OS/c1-4-27-23(18(3)28-21-13-7-9-17(2)15-21)25-26-24(27)29-16-20-12-8-11-19-10-5-6-14-22(19)20/h5-15,18H,4,16H2,1-3H3. The van der Waals surface area contributed by atoms with Crippen molar-refractivity contribution in [1.82, 2.24) is 14.8 Å². The summed E-state index contributed by atoms with van der Waals surface area (Å²) in [4.78, 5) is 0. The molecule has 1 unspecified atom stereocenters. The van der Waals surface area contributed by atoms with Crippen molar-refractivity contribution in [2.45, 2.75) is 44.3 Å². The molecule has 5 heteroatoms. The Balaban J connectivity index is 1.52. The van der Waals surface area contributed by atoms with Gasteiger partial charge in [0.25, 0.3) is 0 Å². The van der Waals surface area contributed by atoms with Gasteiger partial charge in [-0.3, -0.25) is 0 Å². The molecule has 148 valence electrons. The maximum absolute atomic E-state index is 6.12. The normalized spacial score (nSPS) is 12.2. The molecule has 4 rings (SSSR count). The Bertz CT molecular complexity index is 1120. The van der Waals surface area contributed by atoms with E-state index in [1.165, 1.54) is 21.9 Å². The van der Waals surface area contributed by atoms with Crippen molar-refractivity contribution in [1.29, 1.82) is 0 Å². The average molecular weight is 404 g/mol. The number of ether oxygens (including phenoxy) is 1. The van der Waals surface area contributed by atoms with E-state index in [0.29, 0.717) is 0 Å². The summed E-state index contributed by atoms with van der Waals surface area (Å²) in [6.07, 6.45) is -0.170. The third-order valence-electron chi connectivity index (χ3n) is 4.96. The van der Waals surface area contributed by atoms with Gasteiger partial charge in [0.15, 0.2) is 17.1 Å². The quantitative estimate of drug-likeness (QED) is 0.345. The first-order valence-electron chi connectivity index (χ1n) is 9.91. The van der Waals surface area contributed by atoms with Crippen LogP contribution in [0.25, 0.3) is 10.8 Å². The zero-order valence-electron chi connectivity index (χ0n) is 17.0. The predicted molar refractivity (Wildman–Crippen MR) is 119 cm³/mol. The molecule has 0 bridgehead atoms. The van der Waals surface area contributed by atoms with Crippen molar-refractivity contribution in [3.05, 3.63) is 83.7 Å². The lowest BCUT2D eigenvalue weighted by Gasteiger charge is -2.16. The van der Waals surface area contributed by atoms with E-state index in [0.717, 1.165) is 29.0 Å². The highest BCUT2D eigenvalue weighted by Crippen LogP contribution is 2.29. The van der Waals surface area contributed by atoms with Crippen LogP contribution in [0.4, 0.5) is 0 Å². The van der Waals surface area contributed by atoms with Gasteiger partial charge in [-0.25, -0.2) is 0 Å². The van der Waals surface area contributed by atoms with Crippen molar-refractivity contribution in [2.24, 2.45) is 0 Å². The van der Waals surface area contributed by atoms with Crippen molar-refractivity contribution in [2.75, 3.05) is 0 Å². The molecule has 1 aromatic heterocycles. The zero-order chi connectivity index (χ0) is 20.2. The van der Waals surface area contributed by atoms with Crippen LogP contribution in [0, 0.1) is 6.92 Å². The highest BCUT2D eigenvalue weighted by molar-refractivity contribution is 7.98. The minimum atomic E-state index is -0.170. The van der Waals surface area contributed by atoms with E-state index in [-0.39, 0.29) is 6.10 Å².